The topological polar surface area (TPSA) is 29.5 Å². The first-order chi connectivity index (χ1) is 13.1. The zero-order valence-electron chi connectivity index (χ0n) is 14.3. The molecule has 0 radical (unpaired) electrons. The fourth-order valence-corrected chi connectivity index (χ4v) is 4.85. The lowest BCUT2D eigenvalue weighted by molar-refractivity contribution is -0.113. The van der Waals surface area contributed by atoms with Crippen molar-refractivity contribution in [1.82, 2.24) is 0 Å². The van der Waals surface area contributed by atoms with E-state index < -0.39 is 0 Å². The van der Waals surface area contributed by atoms with E-state index in [2.05, 4.69) is 15.9 Å². The molecule has 0 atom stereocenters. The summed E-state index contributed by atoms with van der Waals surface area (Å²) in [7, 11) is 1.62. The van der Waals surface area contributed by atoms with Gasteiger partial charge in [0.25, 0.3) is 5.91 Å². The van der Waals surface area contributed by atoms with Crippen molar-refractivity contribution in [3.05, 3.63) is 75.6 Å². The minimum Gasteiger partial charge on any atom is -0.496 e. The first-order valence-corrected chi connectivity index (χ1v) is 10.2. The van der Waals surface area contributed by atoms with Gasteiger partial charge in [0.15, 0.2) is 4.32 Å². The fourth-order valence-electron chi connectivity index (χ4n) is 3.00. The standard InChI is InChI=1S/C21H14BrNO2S2/c1-25-18-10-9-13(11-16(18)22)12-19-20(24)23(21(26)27-19)17-8-4-6-14-5-2-3-7-15(14)17/h2-12H,1H3/b19-12-. The molecule has 1 saturated heterocycles. The maximum absolute atomic E-state index is 13.1. The number of benzene rings is 3. The molecular formula is C21H14BrNO2S2. The quantitative estimate of drug-likeness (QED) is 0.356. The summed E-state index contributed by atoms with van der Waals surface area (Å²) in [6, 6.07) is 19.6. The average molecular weight is 456 g/mol. The largest absolute Gasteiger partial charge is 0.496 e. The molecule has 27 heavy (non-hydrogen) atoms. The van der Waals surface area contributed by atoms with Crippen LogP contribution in [0.2, 0.25) is 0 Å². The first-order valence-electron chi connectivity index (χ1n) is 8.18. The smallest absolute Gasteiger partial charge is 0.270 e. The highest BCUT2D eigenvalue weighted by molar-refractivity contribution is 9.10. The maximum Gasteiger partial charge on any atom is 0.270 e. The van der Waals surface area contributed by atoms with Gasteiger partial charge in [-0.3, -0.25) is 9.69 Å². The summed E-state index contributed by atoms with van der Waals surface area (Å²) in [5, 5.41) is 2.08. The Labute approximate surface area is 175 Å². The van der Waals surface area contributed by atoms with Gasteiger partial charge in [0, 0.05) is 5.39 Å². The second-order valence-electron chi connectivity index (χ2n) is 5.91. The SMILES string of the molecule is COc1ccc(/C=C2\SC(=S)N(c3cccc4ccccc34)C2=O)cc1Br. The third-order valence-electron chi connectivity index (χ3n) is 4.27. The molecule has 134 valence electrons. The average Bonchev–Trinajstić information content (AvgIpc) is 2.95. The molecule has 1 aliphatic heterocycles. The lowest BCUT2D eigenvalue weighted by Crippen LogP contribution is -2.27. The van der Waals surface area contributed by atoms with Crippen molar-refractivity contribution in [3.63, 3.8) is 0 Å². The molecule has 0 N–H and O–H groups in total. The van der Waals surface area contributed by atoms with Crippen LogP contribution in [0.1, 0.15) is 5.56 Å². The highest BCUT2D eigenvalue weighted by atomic mass is 79.9. The van der Waals surface area contributed by atoms with Crippen molar-refractivity contribution in [3.8, 4) is 5.75 Å². The van der Waals surface area contributed by atoms with E-state index in [4.69, 9.17) is 17.0 Å². The summed E-state index contributed by atoms with van der Waals surface area (Å²) in [6.07, 6.45) is 1.86. The molecule has 0 bridgehead atoms. The Hall–Kier alpha value is -2.15. The van der Waals surface area contributed by atoms with Crippen LogP contribution in [0.3, 0.4) is 0 Å². The maximum atomic E-state index is 13.1. The van der Waals surface area contributed by atoms with Crippen LogP contribution >= 0.6 is 39.9 Å². The van der Waals surface area contributed by atoms with Crippen LogP contribution in [0.5, 0.6) is 5.75 Å². The van der Waals surface area contributed by atoms with E-state index in [0.29, 0.717) is 9.23 Å². The Bertz CT molecular complexity index is 1110. The van der Waals surface area contributed by atoms with Crippen molar-refractivity contribution in [2.75, 3.05) is 12.0 Å². The van der Waals surface area contributed by atoms with E-state index >= 15 is 0 Å². The molecule has 3 aromatic carbocycles. The number of rotatable bonds is 3. The van der Waals surface area contributed by atoms with Crippen molar-refractivity contribution in [1.29, 1.82) is 0 Å². The molecule has 1 amide bonds. The summed E-state index contributed by atoms with van der Waals surface area (Å²) in [5.74, 6) is 0.642. The van der Waals surface area contributed by atoms with Gasteiger partial charge in [0.1, 0.15) is 5.75 Å². The van der Waals surface area contributed by atoms with E-state index in [1.807, 2.05) is 66.7 Å². The predicted molar refractivity (Wildman–Crippen MR) is 120 cm³/mol. The van der Waals surface area contributed by atoms with Crippen LogP contribution in [0.4, 0.5) is 5.69 Å². The first kappa shape index (κ1) is 18.2. The zero-order chi connectivity index (χ0) is 19.0. The number of nitrogens with zero attached hydrogens (tertiary/aromatic N) is 1. The second-order valence-corrected chi connectivity index (χ2v) is 8.44. The van der Waals surface area contributed by atoms with E-state index in [0.717, 1.165) is 32.2 Å². The Morgan fingerprint density at radius 1 is 1.11 bits per heavy atom. The Morgan fingerprint density at radius 3 is 2.67 bits per heavy atom. The normalized spacial score (nSPS) is 15.8. The summed E-state index contributed by atoms with van der Waals surface area (Å²) in [6.45, 7) is 0. The fraction of sp³-hybridized carbons (Fsp3) is 0.0476. The molecule has 1 aliphatic rings. The molecule has 1 fully saturated rings. The van der Waals surface area contributed by atoms with E-state index in [1.165, 1.54) is 11.8 Å². The molecule has 0 aromatic heterocycles. The predicted octanol–water partition coefficient (Wildman–Crippen LogP) is 6.02. The van der Waals surface area contributed by atoms with Crippen molar-refractivity contribution < 1.29 is 9.53 Å². The highest BCUT2D eigenvalue weighted by Gasteiger charge is 2.34. The van der Waals surface area contributed by atoms with Crippen LogP contribution in [0.25, 0.3) is 16.8 Å². The number of ether oxygens (including phenoxy) is 1. The number of halogens is 1. The van der Waals surface area contributed by atoms with Gasteiger partial charge in [0.05, 0.1) is 22.2 Å². The van der Waals surface area contributed by atoms with Crippen LogP contribution in [0.15, 0.2) is 70.0 Å². The summed E-state index contributed by atoms with van der Waals surface area (Å²) < 4.78 is 6.63. The third kappa shape index (κ3) is 3.40. The zero-order valence-corrected chi connectivity index (χ0v) is 17.5. The van der Waals surface area contributed by atoms with Gasteiger partial charge in [-0.25, -0.2) is 0 Å². The van der Waals surface area contributed by atoms with Gasteiger partial charge < -0.3 is 4.74 Å². The number of anilines is 1. The number of carbonyl (C=O) groups excluding carboxylic acids is 1. The summed E-state index contributed by atoms with van der Waals surface area (Å²) in [5.41, 5.74) is 1.72. The number of fused-ring (bicyclic) bond motifs is 1. The molecule has 0 unspecified atom stereocenters. The second kappa shape index (κ2) is 7.46. The van der Waals surface area contributed by atoms with Gasteiger partial charge in [-0.2, -0.15) is 0 Å². The van der Waals surface area contributed by atoms with Crippen molar-refractivity contribution in [2.45, 2.75) is 0 Å². The van der Waals surface area contributed by atoms with Gasteiger partial charge in [-0.15, -0.1) is 0 Å². The lowest BCUT2D eigenvalue weighted by Gasteiger charge is -2.17. The third-order valence-corrected chi connectivity index (χ3v) is 6.20. The molecule has 3 aromatic rings. The summed E-state index contributed by atoms with van der Waals surface area (Å²) in [4.78, 5) is 15.3. The van der Waals surface area contributed by atoms with Gasteiger partial charge in [-0.05, 0) is 51.2 Å². The molecule has 4 rings (SSSR count). The molecule has 0 aliphatic carbocycles. The number of methoxy groups -OCH3 is 1. The van der Waals surface area contributed by atoms with Crippen LogP contribution in [-0.2, 0) is 4.79 Å². The minimum atomic E-state index is -0.103. The van der Waals surface area contributed by atoms with Crippen LogP contribution in [0, 0.1) is 0 Å². The Balaban J connectivity index is 1.73. The summed E-state index contributed by atoms with van der Waals surface area (Å²) >= 11 is 10.3. The lowest BCUT2D eigenvalue weighted by atomic mass is 10.1. The molecule has 3 nitrogen and oxygen atoms in total. The number of hydrogen-bond acceptors (Lipinski definition) is 4. The Morgan fingerprint density at radius 2 is 1.89 bits per heavy atom. The van der Waals surface area contributed by atoms with Gasteiger partial charge in [-0.1, -0.05) is 66.4 Å². The van der Waals surface area contributed by atoms with Gasteiger partial charge >= 0.3 is 0 Å². The number of thioether (sulfide) groups is 1. The Kier molecular flexibility index (Phi) is 5.04. The van der Waals surface area contributed by atoms with Gasteiger partial charge in [0.2, 0.25) is 0 Å². The van der Waals surface area contributed by atoms with Crippen LogP contribution in [-0.4, -0.2) is 17.3 Å². The monoisotopic (exact) mass is 455 g/mol. The number of amides is 1. The number of thiocarbonyl (C=S) groups is 1. The molecule has 0 spiro atoms. The number of hydrogen-bond donors (Lipinski definition) is 0. The molecule has 0 saturated carbocycles. The van der Waals surface area contributed by atoms with Crippen LogP contribution < -0.4 is 9.64 Å². The molecule has 1 heterocycles. The van der Waals surface area contributed by atoms with E-state index in [-0.39, 0.29) is 5.91 Å². The van der Waals surface area contributed by atoms with Crippen molar-refractivity contribution in [2.24, 2.45) is 0 Å². The van der Waals surface area contributed by atoms with E-state index in [1.54, 1.807) is 12.0 Å². The van der Waals surface area contributed by atoms with Crippen molar-refractivity contribution >= 4 is 72.7 Å². The molecular weight excluding hydrogens is 442 g/mol. The van der Waals surface area contributed by atoms with E-state index in [9.17, 15) is 4.79 Å². The molecule has 6 heteroatoms. The number of carbonyl (C=O) groups is 1. The minimum absolute atomic E-state index is 0.103. The highest BCUT2D eigenvalue weighted by Crippen LogP contribution is 2.39.